The van der Waals surface area contributed by atoms with Crippen molar-refractivity contribution in [2.75, 3.05) is 19.8 Å². The molecule has 2 aromatic carbocycles. The van der Waals surface area contributed by atoms with Crippen LogP contribution in [0.2, 0.25) is 0 Å². The predicted octanol–water partition coefficient (Wildman–Crippen LogP) is 2.31. The van der Waals surface area contributed by atoms with E-state index < -0.39 is 6.10 Å². The number of carbonyl (C=O) groups is 1. The van der Waals surface area contributed by atoms with Crippen molar-refractivity contribution in [2.45, 2.75) is 12.5 Å². The van der Waals surface area contributed by atoms with Crippen LogP contribution in [0.4, 0.5) is 0 Å². The van der Waals surface area contributed by atoms with Gasteiger partial charge in [0, 0.05) is 12.1 Å². The van der Waals surface area contributed by atoms with Gasteiger partial charge >= 0.3 is 0 Å². The van der Waals surface area contributed by atoms with E-state index in [2.05, 4.69) is 5.32 Å². The molecule has 0 aliphatic carbocycles. The van der Waals surface area contributed by atoms with Gasteiger partial charge in [-0.25, -0.2) is 0 Å². The molecule has 0 aromatic heterocycles. The van der Waals surface area contributed by atoms with Crippen LogP contribution in [0.3, 0.4) is 0 Å². The molecule has 0 fully saturated rings. The zero-order chi connectivity index (χ0) is 16.1. The fourth-order valence-electron chi connectivity index (χ4n) is 2.45. The Bertz CT molecular complexity index is 672. The van der Waals surface area contributed by atoms with Crippen molar-refractivity contribution in [1.82, 2.24) is 5.32 Å². The van der Waals surface area contributed by atoms with Gasteiger partial charge in [-0.05, 0) is 30.2 Å². The van der Waals surface area contributed by atoms with Crippen LogP contribution in [0.25, 0.3) is 0 Å². The molecule has 0 radical (unpaired) electrons. The molecule has 120 valence electrons. The molecule has 0 bridgehead atoms. The lowest BCUT2D eigenvalue weighted by Crippen LogP contribution is -2.26. The molecule has 1 amide bonds. The van der Waals surface area contributed by atoms with Gasteiger partial charge in [0.15, 0.2) is 11.5 Å². The fourth-order valence-corrected chi connectivity index (χ4v) is 2.45. The molecule has 23 heavy (non-hydrogen) atoms. The Balaban J connectivity index is 1.53. The van der Waals surface area contributed by atoms with Crippen LogP contribution in [-0.4, -0.2) is 30.8 Å². The summed E-state index contributed by atoms with van der Waals surface area (Å²) in [6.07, 6.45) is -0.128. The Hall–Kier alpha value is -2.53. The van der Waals surface area contributed by atoms with E-state index in [1.54, 1.807) is 18.2 Å². The molecule has 2 aromatic rings. The van der Waals surface area contributed by atoms with Gasteiger partial charge in [0.2, 0.25) is 0 Å². The summed E-state index contributed by atoms with van der Waals surface area (Å²) >= 11 is 0. The molecule has 0 spiro atoms. The normalized spacial score (nSPS) is 14.1. The maximum atomic E-state index is 12.2. The van der Waals surface area contributed by atoms with E-state index in [0.29, 0.717) is 43.2 Å². The standard InChI is InChI=1S/C18H19NO4/c20-15(13-4-2-1-3-5-13)8-9-19-18(21)14-6-7-16-17(12-14)23-11-10-22-16/h1-7,12,15,20H,8-11H2,(H,19,21)/t15-/m1/s1. The zero-order valence-electron chi connectivity index (χ0n) is 12.7. The Morgan fingerprint density at radius 2 is 1.83 bits per heavy atom. The number of hydrogen-bond acceptors (Lipinski definition) is 4. The van der Waals surface area contributed by atoms with Gasteiger partial charge in [-0.1, -0.05) is 30.3 Å². The lowest BCUT2D eigenvalue weighted by atomic mass is 10.1. The fraction of sp³-hybridized carbons (Fsp3) is 0.278. The number of ether oxygens (including phenoxy) is 2. The highest BCUT2D eigenvalue weighted by Crippen LogP contribution is 2.30. The molecular weight excluding hydrogens is 294 g/mol. The van der Waals surface area contributed by atoms with E-state index in [-0.39, 0.29) is 5.91 Å². The summed E-state index contributed by atoms with van der Waals surface area (Å²) < 4.78 is 10.9. The summed E-state index contributed by atoms with van der Waals surface area (Å²) in [5, 5.41) is 12.9. The van der Waals surface area contributed by atoms with Crippen molar-refractivity contribution in [3.63, 3.8) is 0 Å². The average molecular weight is 313 g/mol. The Morgan fingerprint density at radius 3 is 2.61 bits per heavy atom. The number of nitrogens with one attached hydrogen (secondary N) is 1. The number of benzene rings is 2. The van der Waals surface area contributed by atoms with E-state index >= 15 is 0 Å². The van der Waals surface area contributed by atoms with Crippen LogP contribution in [0.15, 0.2) is 48.5 Å². The first kappa shape index (κ1) is 15.4. The molecular formula is C18H19NO4. The molecule has 1 atom stereocenters. The maximum absolute atomic E-state index is 12.2. The number of carbonyl (C=O) groups excluding carboxylic acids is 1. The van der Waals surface area contributed by atoms with Crippen LogP contribution >= 0.6 is 0 Å². The minimum atomic E-state index is -0.586. The monoisotopic (exact) mass is 313 g/mol. The van der Waals surface area contributed by atoms with Gasteiger partial charge in [0.1, 0.15) is 13.2 Å². The van der Waals surface area contributed by atoms with Crippen LogP contribution in [0.1, 0.15) is 28.4 Å². The zero-order valence-corrected chi connectivity index (χ0v) is 12.7. The van der Waals surface area contributed by atoms with E-state index in [1.165, 1.54) is 0 Å². The van der Waals surface area contributed by atoms with E-state index in [9.17, 15) is 9.90 Å². The number of rotatable bonds is 5. The first-order chi connectivity index (χ1) is 11.2. The summed E-state index contributed by atoms with van der Waals surface area (Å²) in [6.45, 7) is 1.40. The predicted molar refractivity (Wildman–Crippen MR) is 85.8 cm³/mol. The molecule has 2 N–H and O–H groups in total. The molecule has 1 heterocycles. The van der Waals surface area contributed by atoms with Crippen LogP contribution < -0.4 is 14.8 Å². The highest BCUT2D eigenvalue weighted by molar-refractivity contribution is 5.94. The molecule has 3 rings (SSSR count). The van der Waals surface area contributed by atoms with Crippen molar-refractivity contribution in [3.8, 4) is 11.5 Å². The average Bonchev–Trinajstić information content (AvgIpc) is 2.61. The molecule has 0 unspecified atom stereocenters. The number of aliphatic hydroxyl groups excluding tert-OH is 1. The molecule has 5 heteroatoms. The molecule has 5 nitrogen and oxygen atoms in total. The lowest BCUT2D eigenvalue weighted by molar-refractivity contribution is 0.0941. The van der Waals surface area contributed by atoms with E-state index in [0.717, 1.165) is 5.56 Å². The van der Waals surface area contributed by atoms with Crippen molar-refractivity contribution < 1.29 is 19.4 Å². The number of fused-ring (bicyclic) bond motifs is 1. The smallest absolute Gasteiger partial charge is 0.251 e. The second-order valence-corrected chi connectivity index (χ2v) is 5.33. The number of amides is 1. The molecule has 0 saturated heterocycles. The quantitative estimate of drug-likeness (QED) is 0.889. The minimum absolute atomic E-state index is 0.192. The van der Waals surface area contributed by atoms with Crippen molar-refractivity contribution in [1.29, 1.82) is 0 Å². The van der Waals surface area contributed by atoms with Gasteiger partial charge in [-0.15, -0.1) is 0 Å². The van der Waals surface area contributed by atoms with Gasteiger partial charge in [-0.3, -0.25) is 4.79 Å². The summed E-state index contributed by atoms with van der Waals surface area (Å²) in [7, 11) is 0. The molecule has 1 aliphatic heterocycles. The van der Waals surface area contributed by atoms with E-state index in [4.69, 9.17) is 9.47 Å². The highest BCUT2D eigenvalue weighted by atomic mass is 16.6. The first-order valence-electron chi connectivity index (χ1n) is 7.65. The number of hydrogen-bond donors (Lipinski definition) is 2. The summed E-state index contributed by atoms with van der Waals surface area (Å²) in [6, 6.07) is 14.5. The summed E-state index contributed by atoms with van der Waals surface area (Å²) in [4.78, 5) is 12.2. The Labute approximate surface area is 134 Å². The Morgan fingerprint density at radius 1 is 1.09 bits per heavy atom. The molecule has 0 saturated carbocycles. The second kappa shape index (κ2) is 7.15. The topological polar surface area (TPSA) is 67.8 Å². The summed E-state index contributed by atoms with van der Waals surface area (Å²) in [5.74, 6) is 1.06. The van der Waals surface area contributed by atoms with E-state index in [1.807, 2.05) is 30.3 Å². The second-order valence-electron chi connectivity index (χ2n) is 5.33. The highest BCUT2D eigenvalue weighted by Gasteiger charge is 2.15. The van der Waals surface area contributed by atoms with Crippen molar-refractivity contribution in [2.24, 2.45) is 0 Å². The molecule has 1 aliphatic rings. The Kier molecular flexibility index (Phi) is 4.78. The SMILES string of the molecule is O=C(NCC[C@@H](O)c1ccccc1)c1ccc2c(c1)OCCO2. The maximum Gasteiger partial charge on any atom is 0.251 e. The summed E-state index contributed by atoms with van der Waals surface area (Å²) in [5.41, 5.74) is 1.37. The third-order valence-corrected chi connectivity index (χ3v) is 3.69. The first-order valence-corrected chi connectivity index (χ1v) is 7.65. The van der Waals surface area contributed by atoms with Crippen LogP contribution in [0.5, 0.6) is 11.5 Å². The van der Waals surface area contributed by atoms with Crippen LogP contribution in [-0.2, 0) is 0 Å². The largest absolute Gasteiger partial charge is 0.486 e. The lowest BCUT2D eigenvalue weighted by Gasteiger charge is -2.18. The number of aliphatic hydroxyl groups is 1. The van der Waals surface area contributed by atoms with Gasteiger partial charge in [0.25, 0.3) is 5.91 Å². The van der Waals surface area contributed by atoms with Crippen molar-refractivity contribution >= 4 is 5.91 Å². The van der Waals surface area contributed by atoms with Gasteiger partial charge in [0.05, 0.1) is 6.10 Å². The third-order valence-electron chi connectivity index (χ3n) is 3.69. The van der Waals surface area contributed by atoms with Crippen LogP contribution in [0, 0.1) is 0 Å². The third kappa shape index (κ3) is 3.81. The van der Waals surface area contributed by atoms with Crippen molar-refractivity contribution in [3.05, 3.63) is 59.7 Å². The minimum Gasteiger partial charge on any atom is -0.486 e. The van der Waals surface area contributed by atoms with Gasteiger partial charge in [-0.2, -0.15) is 0 Å². The van der Waals surface area contributed by atoms with Gasteiger partial charge < -0.3 is 19.9 Å².